The van der Waals surface area contributed by atoms with Crippen LogP contribution in [0.4, 0.5) is 4.79 Å². The third-order valence-electron chi connectivity index (χ3n) is 18.8. The first-order chi connectivity index (χ1) is 51.0. The average Bonchev–Trinajstić information content (AvgIpc) is 0.777. The highest BCUT2D eigenvalue weighted by Gasteiger charge is 2.55. The molecule has 0 aromatic rings. The van der Waals surface area contributed by atoms with Crippen molar-refractivity contribution in [3.8, 4) is 0 Å². The zero-order chi connectivity index (χ0) is 76.9. The summed E-state index contributed by atoms with van der Waals surface area (Å²) in [6, 6.07) is -2.68. The first kappa shape index (κ1) is 97.4. The number of rotatable bonds is 72. The molecule has 2 N–H and O–H groups in total. The van der Waals surface area contributed by atoms with Crippen LogP contribution in [-0.2, 0) is 83.8 Å². The van der Waals surface area contributed by atoms with Gasteiger partial charge in [-0.25, -0.2) is 13.9 Å². The Labute approximate surface area is 635 Å². The molecule has 2 aliphatic rings. The number of phosphoric ester groups is 2. The van der Waals surface area contributed by atoms with Gasteiger partial charge < -0.3 is 43.8 Å². The van der Waals surface area contributed by atoms with Gasteiger partial charge in [0.05, 0.1) is 45.6 Å². The van der Waals surface area contributed by atoms with Crippen molar-refractivity contribution in [2.75, 3.05) is 52.9 Å². The Morgan fingerprint density at radius 2 is 0.848 bits per heavy atom. The molecular formula is C82H146N2O19P2. The van der Waals surface area contributed by atoms with E-state index in [0.29, 0.717) is 25.7 Å². The van der Waals surface area contributed by atoms with E-state index in [1.165, 1.54) is 88.2 Å². The van der Waals surface area contributed by atoms with E-state index in [9.17, 15) is 28.3 Å². The molecule has 0 bridgehead atoms. The summed E-state index contributed by atoms with van der Waals surface area (Å²) in [6.07, 6.45) is 38.1. The maximum absolute atomic E-state index is 14.9. The van der Waals surface area contributed by atoms with Gasteiger partial charge in [0.1, 0.15) is 48.9 Å². The van der Waals surface area contributed by atoms with Crippen LogP contribution in [0.5, 0.6) is 0 Å². The van der Waals surface area contributed by atoms with E-state index in [2.05, 4.69) is 90.3 Å². The maximum atomic E-state index is 14.9. The molecule has 11 atom stereocenters. The summed E-state index contributed by atoms with van der Waals surface area (Å²) in [4.78, 5) is 56.9. The number of amides is 2. The van der Waals surface area contributed by atoms with Crippen molar-refractivity contribution < 1.29 is 88.6 Å². The first-order valence-electron chi connectivity index (χ1n) is 41.0. The third-order valence-corrected chi connectivity index (χ3v) is 21.7. The highest BCUT2D eigenvalue weighted by Crippen LogP contribution is 2.54. The number of ketones is 1. The predicted octanol–water partition coefficient (Wildman–Crippen LogP) is 21.2. The highest BCUT2D eigenvalue weighted by atomic mass is 31.2. The number of nitrogens with one attached hydrogen (secondary N) is 2. The molecule has 2 aliphatic heterocycles. The molecule has 2 saturated heterocycles. The zero-order valence-electron chi connectivity index (χ0n) is 66.2. The van der Waals surface area contributed by atoms with Crippen molar-refractivity contribution in [2.24, 2.45) is 5.92 Å². The van der Waals surface area contributed by atoms with E-state index < -0.39 is 102 Å². The van der Waals surface area contributed by atoms with Crippen LogP contribution < -0.4 is 10.6 Å². The number of carbonyl (C=O) groups excluding carboxylic acids is 4. The molecule has 0 aliphatic carbocycles. The smallest absolute Gasteiger partial charge is 0.430 e. The summed E-state index contributed by atoms with van der Waals surface area (Å²) < 4.78 is 112. The number of phosphoric acid groups is 2. The van der Waals surface area contributed by atoms with Crippen molar-refractivity contribution in [3.63, 3.8) is 0 Å². The molecule has 2 amide bonds. The SMILES string of the molecule is C=CCOC(=O)O[C@H]1[C@H](OCCCCCCCCCC)[C@@H](NC(=O)CC(=O)CCCCCCCCCCC)[C@@H](OP(=O)(OCC=C)OCC=C)O[C@@H]1CO[C@@H]1O[C@H](CC)[C@@H](OP(=O)(OCC=C)OCC=C)[C@H](OCC[C@H](C)CCCCCCC)[C@H]1NC(=O)CCCCCCCCC/C=C\CCCCCC. The number of Topliss-reactive ketones (excluding diaryl/α,β-unsaturated/α-hetero) is 1. The van der Waals surface area contributed by atoms with Gasteiger partial charge in [-0.15, -0.1) is 26.3 Å². The topological polar surface area (TPSA) is 246 Å². The molecule has 0 aromatic carbocycles. The number of hydrogen-bond donors (Lipinski definition) is 2. The van der Waals surface area contributed by atoms with E-state index in [1.807, 2.05) is 6.92 Å². The summed E-state index contributed by atoms with van der Waals surface area (Å²) in [7, 11) is -9.16. The number of carbonyl (C=O) groups is 4. The van der Waals surface area contributed by atoms with Crippen LogP contribution in [0.25, 0.3) is 0 Å². The molecule has 0 unspecified atom stereocenters. The fraction of sp³-hybridized carbons (Fsp3) is 0.805. The molecule has 105 heavy (non-hydrogen) atoms. The summed E-state index contributed by atoms with van der Waals surface area (Å²) in [6.45, 7) is 30.0. The van der Waals surface area contributed by atoms with Gasteiger partial charge >= 0.3 is 21.8 Å². The fourth-order valence-electron chi connectivity index (χ4n) is 12.8. The van der Waals surface area contributed by atoms with Crippen molar-refractivity contribution in [1.82, 2.24) is 10.6 Å². The molecule has 0 saturated carbocycles. The largest absolute Gasteiger partial charge is 0.509 e. The van der Waals surface area contributed by atoms with Crippen LogP contribution in [0.2, 0.25) is 0 Å². The van der Waals surface area contributed by atoms with E-state index in [-0.39, 0.29) is 83.1 Å². The molecule has 0 aromatic heterocycles. The second-order valence-electron chi connectivity index (χ2n) is 28.2. The Bertz CT molecular complexity index is 2390. The lowest BCUT2D eigenvalue weighted by atomic mass is 9.94. The average molecular weight is 1530 g/mol. The van der Waals surface area contributed by atoms with E-state index in [4.69, 9.17) is 60.3 Å². The minimum atomic E-state index is -4.70. The maximum Gasteiger partial charge on any atom is 0.509 e. The zero-order valence-corrected chi connectivity index (χ0v) is 68.0. The molecule has 0 spiro atoms. The summed E-state index contributed by atoms with van der Waals surface area (Å²) in [5, 5.41) is 6.12. The van der Waals surface area contributed by atoms with Gasteiger partial charge in [-0.3, -0.25) is 41.5 Å². The Balaban J connectivity index is 2.87. The lowest BCUT2D eigenvalue weighted by Gasteiger charge is -2.48. The van der Waals surface area contributed by atoms with Gasteiger partial charge in [0.25, 0.3) is 0 Å². The van der Waals surface area contributed by atoms with Crippen LogP contribution in [0.3, 0.4) is 0 Å². The molecule has 2 fully saturated rings. The van der Waals surface area contributed by atoms with E-state index >= 15 is 0 Å². The van der Waals surface area contributed by atoms with Crippen molar-refractivity contribution in [1.29, 1.82) is 0 Å². The molecule has 2 heterocycles. The van der Waals surface area contributed by atoms with Crippen LogP contribution in [-0.4, -0.2) is 138 Å². The molecule has 21 nitrogen and oxygen atoms in total. The predicted molar refractivity (Wildman–Crippen MR) is 420 cm³/mol. The van der Waals surface area contributed by atoms with Crippen LogP contribution in [0.1, 0.15) is 305 Å². The summed E-state index contributed by atoms with van der Waals surface area (Å²) >= 11 is 0. The fourth-order valence-corrected chi connectivity index (χ4v) is 15.4. The minimum Gasteiger partial charge on any atom is -0.430 e. The Morgan fingerprint density at radius 1 is 0.429 bits per heavy atom. The van der Waals surface area contributed by atoms with Gasteiger partial charge in [-0.1, -0.05) is 277 Å². The van der Waals surface area contributed by atoms with E-state index in [1.54, 1.807) is 0 Å². The highest BCUT2D eigenvalue weighted by molar-refractivity contribution is 7.48. The number of hydrogen-bond acceptors (Lipinski definition) is 19. The van der Waals surface area contributed by atoms with Gasteiger partial charge in [0, 0.05) is 26.1 Å². The second-order valence-corrected chi connectivity index (χ2v) is 31.5. The number of ether oxygens (including phenoxy) is 7. The molecule has 0 radical (unpaired) electrons. The van der Waals surface area contributed by atoms with Crippen LogP contribution >= 0.6 is 15.6 Å². The third kappa shape index (κ3) is 45.9. The van der Waals surface area contributed by atoms with E-state index in [0.717, 1.165) is 154 Å². The van der Waals surface area contributed by atoms with Gasteiger partial charge in [0.2, 0.25) is 11.8 Å². The van der Waals surface area contributed by atoms with Gasteiger partial charge in [-0.05, 0) is 63.7 Å². The number of unbranched alkanes of at least 4 members (excludes halogenated alkanes) is 30. The van der Waals surface area contributed by atoms with Crippen molar-refractivity contribution in [2.45, 2.75) is 366 Å². The van der Waals surface area contributed by atoms with Gasteiger partial charge in [-0.2, -0.15) is 0 Å². The van der Waals surface area contributed by atoms with Crippen LogP contribution in [0, 0.1) is 5.92 Å². The quantitative estimate of drug-likeness (QED) is 0.0189. The van der Waals surface area contributed by atoms with Gasteiger partial charge in [0.15, 0.2) is 18.7 Å². The Kier molecular flexibility index (Phi) is 59.4. The van der Waals surface area contributed by atoms with Crippen molar-refractivity contribution >= 4 is 39.4 Å². The molecular weight excluding hydrogens is 1380 g/mol. The monoisotopic (exact) mass is 1520 g/mol. The molecule has 2 rings (SSSR count). The molecule has 23 heteroatoms. The Morgan fingerprint density at radius 3 is 1.36 bits per heavy atom. The first-order valence-corrected chi connectivity index (χ1v) is 43.9. The normalized spacial score (nSPS) is 20.9. The summed E-state index contributed by atoms with van der Waals surface area (Å²) in [5.74, 6) is -1.10. The standard InChI is InChI=1S/C82H146N2O19P2/c1-12-22-26-30-33-36-37-38-39-40-41-43-45-49-53-57-72(86)83-74-79(92-65-58-68(11)55-51-47-29-25-15-4)77(102-104(89,95-60-17-6)96-61-18-7)70(21-10)99-80(74)94-67-71-76(101-82(88)93-59-16-5)78(91-64-54-50-46-35-32-28-24-14-3)75(81(100-71)103-105(90,97-62-19-8)98-63-20-9)84-73(87)66-69(85)56-52-48-44-42-34-31-27-23-13-2/h16-20,36-37,68,70-71,74-81H,5-9,12-15,21-35,38-67H2,1-4,10-11H3,(H,83,86)(H,84,87)/b37-36-/t68-,70-,71-,74-,75-,76-,77-,78-,79-,80-,81-/m1/s1. The lowest BCUT2D eigenvalue weighted by Crippen LogP contribution is -2.68. The number of allylic oxidation sites excluding steroid dienone is 2. The lowest BCUT2D eigenvalue weighted by molar-refractivity contribution is -0.298. The Hall–Kier alpha value is -3.66. The van der Waals surface area contributed by atoms with Crippen molar-refractivity contribution in [3.05, 3.63) is 75.4 Å². The second kappa shape index (κ2) is 64.0. The minimum absolute atomic E-state index is 0.0763. The molecule has 608 valence electrons. The summed E-state index contributed by atoms with van der Waals surface area (Å²) in [5.41, 5.74) is 0. The van der Waals surface area contributed by atoms with Crippen LogP contribution in [0.15, 0.2) is 75.4 Å².